The van der Waals surface area contributed by atoms with Gasteiger partial charge in [0.1, 0.15) is 0 Å². The highest BCUT2D eigenvalue weighted by Gasteiger charge is 2.11. The summed E-state index contributed by atoms with van der Waals surface area (Å²) in [6, 6.07) is -0.466. The van der Waals surface area contributed by atoms with E-state index in [0.29, 0.717) is 26.1 Å². The summed E-state index contributed by atoms with van der Waals surface area (Å²) >= 11 is 0. The van der Waals surface area contributed by atoms with Gasteiger partial charge in [0.15, 0.2) is 5.96 Å². The number of hydrogen-bond donors (Lipinski definition) is 5. The fourth-order valence-corrected chi connectivity index (χ4v) is 1.26. The molecule has 1 atom stereocenters. The highest BCUT2D eigenvalue weighted by Crippen LogP contribution is 1.99. The average Bonchev–Trinajstić information content (AvgIpc) is 2.28. The van der Waals surface area contributed by atoms with E-state index in [9.17, 15) is 4.79 Å². The molecule has 0 unspecified atom stereocenters. The Hall–Kier alpha value is -1.34. The maximum Gasteiger partial charge on any atom is 0.236 e. The van der Waals surface area contributed by atoms with Crippen molar-refractivity contribution in [2.45, 2.75) is 31.7 Å². The van der Waals surface area contributed by atoms with Gasteiger partial charge in [-0.05, 0) is 32.2 Å². The van der Waals surface area contributed by atoms with Crippen molar-refractivity contribution in [2.75, 3.05) is 19.6 Å². The van der Waals surface area contributed by atoms with Crippen molar-refractivity contribution in [3.8, 4) is 0 Å². The molecular weight excluding hydrogens is 220 g/mol. The van der Waals surface area contributed by atoms with Crippen LogP contribution in [0, 0.1) is 0 Å². The standard InChI is InChI=1S/C10H24N6O/c11-5-3-7-15-9(17)8(12)4-1-2-6-16-10(13)14/h8H,1-7,11-12H2,(H,15,17)(H4,13,14,16)/t8-/m0/s1. The molecule has 7 heteroatoms. The fraction of sp³-hybridized carbons (Fsp3) is 0.800. The molecule has 0 saturated heterocycles. The van der Waals surface area contributed by atoms with E-state index >= 15 is 0 Å². The van der Waals surface area contributed by atoms with Crippen LogP contribution in [0.3, 0.4) is 0 Å². The Morgan fingerprint density at radius 3 is 2.53 bits per heavy atom. The molecule has 1 amide bonds. The summed E-state index contributed by atoms with van der Waals surface area (Å²) in [5.41, 5.74) is 21.4. The minimum absolute atomic E-state index is 0.0915. The lowest BCUT2D eigenvalue weighted by Gasteiger charge is -2.11. The Morgan fingerprint density at radius 2 is 1.94 bits per heavy atom. The molecule has 0 aliphatic carbocycles. The Morgan fingerprint density at radius 1 is 1.24 bits per heavy atom. The number of guanidine groups is 1. The topological polar surface area (TPSA) is 146 Å². The van der Waals surface area contributed by atoms with Crippen molar-refractivity contribution in [2.24, 2.45) is 27.9 Å². The number of nitrogens with one attached hydrogen (secondary N) is 1. The van der Waals surface area contributed by atoms with Crippen LogP contribution in [-0.4, -0.2) is 37.5 Å². The molecule has 0 radical (unpaired) electrons. The van der Waals surface area contributed by atoms with E-state index in [2.05, 4.69) is 10.3 Å². The second-order valence-electron chi connectivity index (χ2n) is 3.84. The van der Waals surface area contributed by atoms with Crippen LogP contribution < -0.4 is 28.3 Å². The van der Waals surface area contributed by atoms with Gasteiger partial charge >= 0.3 is 0 Å². The number of nitrogens with zero attached hydrogens (tertiary/aromatic N) is 1. The van der Waals surface area contributed by atoms with Crippen LogP contribution >= 0.6 is 0 Å². The second kappa shape index (κ2) is 9.86. The summed E-state index contributed by atoms with van der Waals surface area (Å²) in [4.78, 5) is 15.3. The van der Waals surface area contributed by atoms with Crippen molar-refractivity contribution < 1.29 is 4.79 Å². The summed E-state index contributed by atoms with van der Waals surface area (Å²) in [6.07, 6.45) is 3.04. The molecule has 0 bridgehead atoms. The lowest BCUT2D eigenvalue weighted by atomic mass is 10.1. The van der Waals surface area contributed by atoms with Crippen molar-refractivity contribution in [3.05, 3.63) is 0 Å². The Kier molecular flexibility index (Phi) is 9.08. The van der Waals surface area contributed by atoms with Crippen LogP contribution in [0.2, 0.25) is 0 Å². The summed E-state index contributed by atoms with van der Waals surface area (Å²) in [6.45, 7) is 1.72. The molecule has 0 aliphatic rings. The van der Waals surface area contributed by atoms with Crippen molar-refractivity contribution >= 4 is 11.9 Å². The number of hydrogen-bond acceptors (Lipinski definition) is 4. The fourth-order valence-electron chi connectivity index (χ4n) is 1.26. The first-order valence-corrected chi connectivity index (χ1v) is 5.86. The second-order valence-corrected chi connectivity index (χ2v) is 3.84. The third kappa shape index (κ3) is 9.58. The molecule has 0 aromatic carbocycles. The molecule has 9 N–H and O–H groups in total. The van der Waals surface area contributed by atoms with Crippen LogP contribution in [0.1, 0.15) is 25.7 Å². The molecule has 0 saturated carbocycles. The highest BCUT2D eigenvalue weighted by atomic mass is 16.2. The predicted molar refractivity (Wildman–Crippen MR) is 69.2 cm³/mol. The van der Waals surface area contributed by atoms with E-state index < -0.39 is 6.04 Å². The number of nitrogens with two attached hydrogens (primary N) is 4. The number of carbonyl (C=O) groups is 1. The maximum absolute atomic E-state index is 11.4. The summed E-state index contributed by atoms with van der Waals surface area (Å²) in [7, 11) is 0. The van der Waals surface area contributed by atoms with Crippen LogP contribution in [0.15, 0.2) is 4.99 Å². The van der Waals surface area contributed by atoms with Crippen LogP contribution in [0.25, 0.3) is 0 Å². The Labute approximate surface area is 102 Å². The first kappa shape index (κ1) is 15.7. The zero-order valence-corrected chi connectivity index (χ0v) is 10.2. The zero-order chi connectivity index (χ0) is 13.1. The summed E-state index contributed by atoms with van der Waals surface area (Å²) in [5, 5.41) is 2.73. The van der Waals surface area contributed by atoms with E-state index in [1.807, 2.05) is 0 Å². The van der Waals surface area contributed by atoms with Crippen molar-refractivity contribution in [1.29, 1.82) is 0 Å². The third-order valence-corrected chi connectivity index (χ3v) is 2.23. The Balaban J connectivity index is 3.53. The molecule has 100 valence electrons. The van der Waals surface area contributed by atoms with Crippen LogP contribution in [-0.2, 0) is 4.79 Å². The van der Waals surface area contributed by atoms with E-state index in [1.165, 1.54) is 0 Å². The number of carbonyl (C=O) groups excluding carboxylic acids is 1. The zero-order valence-electron chi connectivity index (χ0n) is 10.2. The smallest absolute Gasteiger partial charge is 0.236 e. The van der Waals surface area contributed by atoms with Crippen molar-refractivity contribution in [1.82, 2.24) is 5.32 Å². The van der Waals surface area contributed by atoms with Crippen molar-refractivity contribution in [3.63, 3.8) is 0 Å². The third-order valence-electron chi connectivity index (χ3n) is 2.23. The molecule has 0 spiro atoms. The van der Waals surface area contributed by atoms with Gasteiger partial charge in [0.2, 0.25) is 5.91 Å². The molecule has 0 aliphatic heterocycles. The highest BCUT2D eigenvalue weighted by molar-refractivity contribution is 5.81. The number of aliphatic imine (C=N–C) groups is 1. The van der Waals surface area contributed by atoms with Gasteiger partial charge in [-0.3, -0.25) is 9.79 Å². The molecule has 17 heavy (non-hydrogen) atoms. The Bertz CT molecular complexity index is 239. The van der Waals surface area contributed by atoms with Gasteiger partial charge in [-0.25, -0.2) is 0 Å². The number of amides is 1. The van der Waals surface area contributed by atoms with Gasteiger partial charge in [-0.15, -0.1) is 0 Å². The SMILES string of the molecule is NCCCNC(=O)[C@@H](N)CCCCN=C(N)N. The molecule has 0 aromatic heterocycles. The lowest BCUT2D eigenvalue weighted by Crippen LogP contribution is -2.41. The quantitative estimate of drug-likeness (QED) is 0.185. The maximum atomic E-state index is 11.4. The first-order valence-electron chi connectivity index (χ1n) is 5.86. The van der Waals surface area contributed by atoms with Crippen LogP contribution in [0.4, 0.5) is 0 Å². The number of rotatable bonds is 9. The number of unbranched alkanes of at least 4 members (excludes halogenated alkanes) is 1. The minimum Gasteiger partial charge on any atom is -0.370 e. The van der Waals surface area contributed by atoms with Gasteiger partial charge in [-0.1, -0.05) is 0 Å². The van der Waals surface area contributed by atoms with Gasteiger partial charge in [0, 0.05) is 13.1 Å². The molecule has 0 heterocycles. The van der Waals surface area contributed by atoms with E-state index in [1.54, 1.807) is 0 Å². The van der Waals surface area contributed by atoms with Gasteiger partial charge < -0.3 is 28.3 Å². The lowest BCUT2D eigenvalue weighted by molar-refractivity contribution is -0.122. The minimum atomic E-state index is -0.466. The molecule has 0 aromatic rings. The van der Waals surface area contributed by atoms with Gasteiger partial charge in [-0.2, -0.15) is 0 Å². The first-order chi connectivity index (χ1) is 8.07. The monoisotopic (exact) mass is 244 g/mol. The molecule has 0 rings (SSSR count). The summed E-state index contributed by atoms with van der Waals surface area (Å²) in [5.74, 6) is -0.0332. The molecule has 0 fully saturated rings. The molecule has 7 nitrogen and oxygen atoms in total. The largest absolute Gasteiger partial charge is 0.370 e. The average molecular weight is 244 g/mol. The predicted octanol–water partition coefficient (Wildman–Crippen LogP) is -1.78. The van der Waals surface area contributed by atoms with E-state index in [0.717, 1.165) is 19.3 Å². The van der Waals surface area contributed by atoms with Crippen LogP contribution in [0.5, 0.6) is 0 Å². The van der Waals surface area contributed by atoms with E-state index in [4.69, 9.17) is 22.9 Å². The molecular formula is C10H24N6O. The normalized spacial score (nSPS) is 11.9. The van der Waals surface area contributed by atoms with Gasteiger partial charge in [0.05, 0.1) is 6.04 Å². The summed E-state index contributed by atoms with van der Waals surface area (Å²) < 4.78 is 0. The van der Waals surface area contributed by atoms with E-state index in [-0.39, 0.29) is 11.9 Å². The van der Waals surface area contributed by atoms with Gasteiger partial charge in [0.25, 0.3) is 0 Å².